The fourth-order valence-corrected chi connectivity index (χ4v) is 1.70. The van der Waals surface area contributed by atoms with Gasteiger partial charge in [0.25, 0.3) is 0 Å². The van der Waals surface area contributed by atoms with E-state index in [1.165, 1.54) is 0 Å². The number of rotatable bonds is 2. The Kier molecular flexibility index (Phi) is 3.21. The molecular formula is C12H18N2O2. The Labute approximate surface area is 95.6 Å². The van der Waals surface area contributed by atoms with Crippen LogP contribution in [0.15, 0.2) is 6.08 Å². The van der Waals surface area contributed by atoms with Crippen molar-refractivity contribution in [2.24, 2.45) is 0 Å². The van der Waals surface area contributed by atoms with E-state index < -0.39 is 5.97 Å². The molecule has 0 saturated carbocycles. The average molecular weight is 222 g/mol. The predicted octanol–water partition coefficient (Wildman–Crippen LogP) is 2.35. The van der Waals surface area contributed by atoms with Crippen LogP contribution in [0, 0.1) is 13.8 Å². The Morgan fingerprint density at radius 1 is 1.38 bits per heavy atom. The normalized spacial score (nSPS) is 12.3. The summed E-state index contributed by atoms with van der Waals surface area (Å²) in [7, 11) is 0. The van der Waals surface area contributed by atoms with Gasteiger partial charge in [-0.25, -0.2) is 4.79 Å². The van der Waals surface area contributed by atoms with Crippen molar-refractivity contribution in [2.75, 3.05) is 0 Å². The molecule has 0 aliphatic rings. The molecule has 1 N–H and O–H groups in total. The highest BCUT2D eigenvalue weighted by Crippen LogP contribution is 2.22. The van der Waals surface area contributed by atoms with E-state index in [9.17, 15) is 4.79 Å². The van der Waals surface area contributed by atoms with Gasteiger partial charge in [0.2, 0.25) is 0 Å². The van der Waals surface area contributed by atoms with Gasteiger partial charge < -0.3 is 5.11 Å². The molecule has 0 saturated heterocycles. The van der Waals surface area contributed by atoms with Gasteiger partial charge in [-0.15, -0.1) is 0 Å². The quantitative estimate of drug-likeness (QED) is 0.781. The van der Waals surface area contributed by atoms with Crippen molar-refractivity contribution in [3.05, 3.63) is 23.0 Å². The Morgan fingerprint density at radius 2 is 1.94 bits per heavy atom. The third-order valence-electron chi connectivity index (χ3n) is 2.38. The molecule has 1 rings (SSSR count). The highest BCUT2D eigenvalue weighted by molar-refractivity contribution is 5.85. The number of carboxylic acid groups (broad SMARTS) is 1. The van der Waals surface area contributed by atoms with E-state index in [2.05, 4.69) is 25.9 Å². The standard InChI is InChI=1S/C12H18N2O2/c1-8-10(6-7-11(15)16)9(2)14(13-8)12(3,4)5/h6-7H,1-5H3,(H,15,16)/b7-6+. The minimum atomic E-state index is -0.942. The molecule has 0 fully saturated rings. The van der Waals surface area contributed by atoms with Crippen LogP contribution in [0.1, 0.15) is 37.7 Å². The average Bonchev–Trinajstić information content (AvgIpc) is 2.38. The van der Waals surface area contributed by atoms with Gasteiger partial charge in [0, 0.05) is 17.3 Å². The molecule has 0 aromatic carbocycles. The molecule has 4 nitrogen and oxygen atoms in total. The fraction of sp³-hybridized carbons (Fsp3) is 0.500. The molecule has 0 atom stereocenters. The van der Waals surface area contributed by atoms with E-state index in [0.717, 1.165) is 23.0 Å². The molecule has 1 aromatic rings. The summed E-state index contributed by atoms with van der Waals surface area (Å²) in [5.74, 6) is -0.942. The molecule has 0 aliphatic carbocycles. The van der Waals surface area contributed by atoms with Crippen LogP contribution in [0.2, 0.25) is 0 Å². The molecule has 0 amide bonds. The first-order chi connectivity index (χ1) is 7.23. The first-order valence-corrected chi connectivity index (χ1v) is 5.21. The summed E-state index contributed by atoms with van der Waals surface area (Å²) < 4.78 is 1.92. The maximum Gasteiger partial charge on any atom is 0.328 e. The minimum absolute atomic E-state index is 0.0931. The molecule has 0 radical (unpaired) electrons. The summed E-state index contributed by atoms with van der Waals surface area (Å²) in [5.41, 5.74) is 2.63. The second-order valence-electron chi connectivity index (χ2n) is 4.84. The lowest BCUT2D eigenvalue weighted by molar-refractivity contribution is -0.131. The zero-order valence-corrected chi connectivity index (χ0v) is 10.4. The topological polar surface area (TPSA) is 55.1 Å². The van der Waals surface area contributed by atoms with Gasteiger partial charge in [-0.3, -0.25) is 4.68 Å². The first-order valence-electron chi connectivity index (χ1n) is 5.21. The van der Waals surface area contributed by atoms with Crippen LogP contribution in [0.25, 0.3) is 6.08 Å². The Bertz CT molecular complexity index is 437. The van der Waals surface area contributed by atoms with Gasteiger partial charge in [0.15, 0.2) is 0 Å². The van der Waals surface area contributed by atoms with Crippen LogP contribution >= 0.6 is 0 Å². The van der Waals surface area contributed by atoms with Gasteiger partial charge >= 0.3 is 5.97 Å². The number of carbonyl (C=O) groups is 1. The van der Waals surface area contributed by atoms with Gasteiger partial charge in [-0.2, -0.15) is 5.10 Å². The third kappa shape index (κ3) is 2.51. The van der Waals surface area contributed by atoms with Gasteiger partial charge in [0.05, 0.1) is 11.2 Å². The van der Waals surface area contributed by atoms with Gasteiger partial charge in [-0.1, -0.05) is 0 Å². The first kappa shape index (κ1) is 12.5. The summed E-state index contributed by atoms with van der Waals surface area (Å²) >= 11 is 0. The SMILES string of the molecule is Cc1nn(C(C)(C)C)c(C)c1/C=C/C(=O)O. The Hall–Kier alpha value is -1.58. The highest BCUT2D eigenvalue weighted by atomic mass is 16.4. The van der Waals surface area contributed by atoms with E-state index in [-0.39, 0.29) is 5.54 Å². The summed E-state index contributed by atoms with van der Waals surface area (Å²) in [6.45, 7) is 10.0. The second-order valence-corrected chi connectivity index (χ2v) is 4.84. The van der Waals surface area contributed by atoms with Gasteiger partial charge in [-0.05, 0) is 40.7 Å². The maximum absolute atomic E-state index is 10.5. The van der Waals surface area contributed by atoms with E-state index in [1.54, 1.807) is 6.08 Å². The molecule has 0 aliphatic heterocycles. The summed E-state index contributed by atoms with van der Waals surface area (Å²) in [5, 5.41) is 13.0. The third-order valence-corrected chi connectivity index (χ3v) is 2.38. The second kappa shape index (κ2) is 4.12. The molecule has 1 heterocycles. The number of carboxylic acids is 1. The van der Waals surface area contributed by atoms with Crippen molar-refractivity contribution in [3.8, 4) is 0 Å². The Balaban J connectivity index is 3.23. The van der Waals surface area contributed by atoms with Crippen LogP contribution in [0.4, 0.5) is 0 Å². The van der Waals surface area contributed by atoms with Crippen LogP contribution in [-0.2, 0) is 10.3 Å². The molecule has 0 spiro atoms. The number of hydrogen-bond donors (Lipinski definition) is 1. The number of hydrogen-bond acceptors (Lipinski definition) is 2. The highest BCUT2D eigenvalue weighted by Gasteiger charge is 2.19. The monoisotopic (exact) mass is 222 g/mol. The molecule has 0 unspecified atom stereocenters. The lowest BCUT2D eigenvalue weighted by Gasteiger charge is -2.21. The molecule has 1 aromatic heterocycles. The van der Waals surface area contributed by atoms with Crippen LogP contribution in [-0.4, -0.2) is 20.9 Å². The predicted molar refractivity (Wildman–Crippen MR) is 63.4 cm³/mol. The molecule has 16 heavy (non-hydrogen) atoms. The summed E-state index contributed by atoms with van der Waals surface area (Å²) in [6.07, 6.45) is 2.74. The zero-order valence-electron chi connectivity index (χ0n) is 10.4. The molecular weight excluding hydrogens is 204 g/mol. The number of aryl methyl sites for hydroxylation is 1. The minimum Gasteiger partial charge on any atom is -0.478 e. The molecule has 4 heteroatoms. The lowest BCUT2D eigenvalue weighted by atomic mass is 10.1. The van der Waals surface area contributed by atoms with Crippen LogP contribution < -0.4 is 0 Å². The van der Waals surface area contributed by atoms with E-state index in [1.807, 2.05) is 18.5 Å². The van der Waals surface area contributed by atoms with Crippen molar-refractivity contribution >= 4 is 12.0 Å². The smallest absolute Gasteiger partial charge is 0.328 e. The van der Waals surface area contributed by atoms with Crippen molar-refractivity contribution < 1.29 is 9.90 Å². The fourth-order valence-electron chi connectivity index (χ4n) is 1.70. The molecule has 88 valence electrons. The van der Waals surface area contributed by atoms with E-state index in [0.29, 0.717) is 0 Å². The number of nitrogens with zero attached hydrogens (tertiary/aromatic N) is 2. The molecule has 0 bridgehead atoms. The van der Waals surface area contributed by atoms with Gasteiger partial charge in [0.1, 0.15) is 0 Å². The van der Waals surface area contributed by atoms with Crippen LogP contribution in [0.3, 0.4) is 0 Å². The number of aliphatic carboxylic acids is 1. The van der Waals surface area contributed by atoms with Crippen LogP contribution in [0.5, 0.6) is 0 Å². The largest absolute Gasteiger partial charge is 0.478 e. The van der Waals surface area contributed by atoms with Crippen molar-refractivity contribution in [2.45, 2.75) is 40.2 Å². The number of aromatic nitrogens is 2. The van der Waals surface area contributed by atoms with Crippen molar-refractivity contribution in [3.63, 3.8) is 0 Å². The van der Waals surface area contributed by atoms with E-state index in [4.69, 9.17) is 5.11 Å². The Morgan fingerprint density at radius 3 is 2.31 bits per heavy atom. The zero-order chi connectivity index (χ0) is 12.5. The van der Waals surface area contributed by atoms with Crippen molar-refractivity contribution in [1.82, 2.24) is 9.78 Å². The summed E-state index contributed by atoms with van der Waals surface area (Å²) in [4.78, 5) is 10.5. The summed E-state index contributed by atoms with van der Waals surface area (Å²) in [6, 6.07) is 0. The maximum atomic E-state index is 10.5. The van der Waals surface area contributed by atoms with E-state index >= 15 is 0 Å². The van der Waals surface area contributed by atoms with Crippen molar-refractivity contribution in [1.29, 1.82) is 0 Å². The lowest BCUT2D eigenvalue weighted by Crippen LogP contribution is -2.24.